The zero-order chi connectivity index (χ0) is 11.0. The first kappa shape index (κ1) is 9.59. The standard InChI is InChI=1S/C15H15N/c1-11-14-4-2-3-12(14)5-6-15(11)13-7-9-16-10-8-13/h5-10H,2-4H2,1H3. The number of rotatable bonds is 1. The van der Waals surface area contributed by atoms with Gasteiger partial charge in [0.15, 0.2) is 0 Å². The second-order valence-corrected chi connectivity index (χ2v) is 4.47. The van der Waals surface area contributed by atoms with Gasteiger partial charge in [0, 0.05) is 12.4 Å². The van der Waals surface area contributed by atoms with E-state index in [0.29, 0.717) is 0 Å². The predicted molar refractivity (Wildman–Crippen MR) is 66.4 cm³/mol. The van der Waals surface area contributed by atoms with Gasteiger partial charge in [0.05, 0.1) is 0 Å². The number of pyridine rings is 1. The number of fused-ring (bicyclic) bond motifs is 1. The molecule has 3 rings (SSSR count). The van der Waals surface area contributed by atoms with Gasteiger partial charge in [-0.1, -0.05) is 12.1 Å². The van der Waals surface area contributed by atoms with Crippen molar-refractivity contribution in [3.63, 3.8) is 0 Å². The molecule has 16 heavy (non-hydrogen) atoms. The van der Waals surface area contributed by atoms with Crippen molar-refractivity contribution in [2.24, 2.45) is 0 Å². The summed E-state index contributed by atoms with van der Waals surface area (Å²) in [5.41, 5.74) is 7.23. The van der Waals surface area contributed by atoms with Crippen LogP contribution in [0.25, 0.3) is 11.1 Å². The van der Waals surface area contributed by atoms with Crippen molar-refractivity contribution in [3.05, 3.63) is 53.3 Å². The average Bonchev–Trinajstić information content (AvgIpc) is 2.80. The highest BCUT2D eigenvalue weighted by atomic mass is 14.6. The van der Waals surface area contributed by atoms with E-state index in [0.717, 1.165) is 0 Å². The summed E-state index contributed by atoms with van der Waals surface area (Å²) in [4.78, 5) is 4.07. The lowest BCUT2D eigenvalue weighted by molar-refractivity contribution is 0.909. The van der Waals surface area contributed by atoms with Crippen molar-refractivity contribution in [3.8, 4) is 11.1 Å². The quantitative estimate of drug-likeness (QED) is 0.700. The lowest BCUT2D eigenvalue weighted by atomic mass is 9.95. The normalized spacial score (nSPS) is 13.8. The zero-order valence-corrected chi connectivity index (χ0v) is 9.53. The molecule has 0 unspecified atom stereocenters. The van der Waals surface area contributed by atoms with Crippen LogP contribution in [0, 0.1) is 6.92 Å². The highest BCUT2D eigenvalue weighted by molar-refractivity contribution is 5.69. The lowest BCUT2D eigenvalue weighted by Crippen LogP contribution is -1.91. The van der Waals surface area contributed by atoms with Crippen molar-refractivity contribution in [2.45, 2.75) is 26.2 Å². The summed E-state index contributed by atoms with van der Waals surface area (Å²) in [6, 6.07) is 8.73. The maximum atomic E-state index is 4.07. The van der Waals surface area contributed by atoms with E-state index in [-0.39, 0.29) is 0 Å². The highest BCUT2D eigenvalue weighted by Crippen LogP contribution is 2.32. The Morgan fingerprint density at radius 3 is 2.62 bits per heavy atom. The molecule has 1 nitrogen and oxygen atoms in total. The Labute approximate surface area is 96.2 Å². The Morgan fingerprint density at radius 2 is 1.81 bits per heavy atom. The maximum Gasteiger partial charge on any atom is 0.0273 e. The van der Waals surface area contributed by atoms with Crippen LogP contribution in [0.1, 0.15) is 23.1 Å². The molecule has 0 aliphatic heterocycles. The summed E-state index contributed by atoms with van der Waals surface area (Å²) in [6.45, 7) is 2.25. The van der Waals surface area contributed by atoms with Gasteiger partial charge in [0.1, 0.15) is 0 Å². The van der Waals surface area contributed by atoms with Crippen molar-refractivity contribution in [1.29, 1.82) is 0 Å². The molecule has 1 aromatic carbocycles. The van der Waals surface area contributed by atoms with Crippen LogP contribution >= 0.6 is 0 Å². The molecular weight excluding hydrogens is 194 g/mol. The molecular formula is C15H15N. The summed E-state index contributed by atoms with van der Waals surface area (Å²) in [6.07, 6.45) is 7.55. The maximum absolute atomic E-state index is 4.07. The molecule has 1 heteroatoms. The first-order chi connectivity index (χ1) is 7.86. The minimum Gasteiger partial charge on any atom is -0.265 e. The van der Waals surface area contributed by atoms with Gasteiger partial charge in [0.25, 0.3) is 0 Å². The van der Waals surface area contributed by atoms with E-state index in [1.54, 1.807) is 11.1 Å². The van der Waals surface area contributed by atoms with Crippen LogP contribution in [0.5, 0.6) is 0 Å². The Bertz CT molecular complexity index is 514. The van der Waals surface area contributed by atoms with Gasteiger partial charge in [-0.05, 0) is 66.1 Å². The Morgan fingerprint density at radius 1 is 1.00 bits per heavy atom. The molecule has 0 saturated carbocycles. The molecule has 80 valence electrons. The second-order valence-electron chi connectivity index (χ2n) is 4.47. The number of aromatic nitrogens is 1. The van der Waals surface area contributed by atoms with E-state index in [4.69, 9.17) is 0 Å². The van der Waals surface area contributed by atoms with E-state index in [1.807, 2.05) is 12.4 Å². The van der Waals surface area contributed by atoms with Crippen molar-refractivity contribution in [2.75, 3.05) is 0 Å². The van der Waals surface area contributed by atoms with Crippen molar-refractivity contribution < 1.29 is 0 Å². The molecule has 1 heterocycles. The smallest absolute Gasteiger partial charge is 0.0273 e. The van der Waals surface area contributed by atoms with Gasteiger partial charge >= 0.3 is 0 Å². The van der Waals surface area contributed by atoms with Gasteiger partial charge in [-0.15, -0.1) is 0 Å². The first-order valence-corrected chi connectivity index (χ1v) is 5.88. The van der Waals surface area contributed by atoms with Crippen LogP contribution < -0.4 is 0 Å². The molecule has 0 radical (unpaired) electrons. The average molecular weight is 209 g/mol. The Kier molecular flexibility index (Phi) is 2.24. The Balaban J connectivity index is 2.16. The molecule has 1 aromatic heterocycles. The van der Waals surface area contributed by atoms with Crippen LogP contribution in [-0.4, -0.2) is 4.98 Å². The first-order valence-electron chi connectivity index (χ1n) is 5.88. The van der Waals surface area contributed by atoms with Gasteiger partial charge < -0.3 is 0 Å². The lowest BCUT2D eigenvalue weighted by Gasteiger charge is -2.10. The molecule has 2 aromatic rings. The van der Waals surface area contributed by atoms with E-state index >= 15 is 0 Å². The van der Waals surface area contributed by atoms with E-state index in [9.17, 15) is 0 Å². The number of benzene rings is 1. The summed E-state index contributed by atoms with van der Waals surface area (Å²) in [5, 5.41) is 0. The predicted octanol–water partition coefficient (Wildman–Crippen LogP) is 3.55. The molecule has 1 aliphatic rings. The van der Waals surface area contributed by atoms with Crippen molar-refractivity contribution >= 4 is 0 Å². The monoisotopic (exact) mass is 209 g/mol. The fraction of sp³-hybridized carbons (Fsp3) is 0.267. The number of aryl methyl sites for hydroxylation is 1. The van der Waals surface area contributed by atoms with E-state index in [2.05, 4.69) is 36.2 Å². The molecule has 0 fully saturated rings. The minimum absolute atomic E-state index is 1.25. The molecule has 0 atom stereocenters. The second kappa shape index (κ2) is 3.75. The molecule has 0 saturated heterocycles. The zero-order valence-electron chi connectivity index (χ0n) is 9.53. The van der Waals surface area contributed by atoms with E-state index < -0.39 is 0 Å². The summed E-state index contributed by atoms with van der Waals surface area (Å²) in [5.74, 6) is 0. The van der Waals surface area contributed by atoms with Crippen LogP contribution in [0.2, 0.25) is 0 Å². The van der Waals surface area contributed by atoms with E-state index in [1.165, 1.54) is 36.0 Å². The Hall–Kier alpha value is -1.63. The van der Waals surface area contributed by atoms with Gasteiger partial charge in [-0.25, -0.2) is 0 Å². The molecule has 1 aliphatic carbocycles. The summed E-state index contributed by atoms with van der Waals surface area (Å²) < 4.78 is 0. The summed E-state index contributed by atoms with van der Waals surface area (Å²) in [7, 11) is 0. The topological polar surface area (TPSA) is 12.9 Å². The van der Waals surface area contributed by atoms with Crippen LogP contribution in [0.4, 0.5) is 0 Å². The summed E-state index contributed by atoms with van der Waals surface area (Å²) >= 11 is 0. The molecule has 0 spiro atoms. The third-order valence-corrected chi connectivity index (χ3v) is 3.56. The third kappa shape index (κ3) is 1.44. The fourth-order valence-corrected chi connectivity index (χ4v) is 2.70. The fourth-order valence-electron chi connectivity index (χ4n) is 2.70. The van der Waals surface area contributed by atoms with Crippen LogP contribution in [0.15, 0.2) is 36.7 Å². The number of nitrogens with zero attached hydrogens (tertiary/aromatic N) is 1. The third-order valence-electron chi connectivity index (χ3n) is 3.56. The highest BCUT2D eigenvalue weighted by Gasteiger charge is 2.15. The largest absolute Gasteiger partial charge is 0.265 e. The van der Waals surface area contributed by atoms with Crippen LogP contribution in [0.3, 0.4) is 0 Å². The molecule has 0 amide bonds. The number of hydrogen-bond acceptors (Lipinski definition) is 1. The van der Waals surface area contributed by atoms with Crippen LogP contribution in [-0.2, 0) is 12.8 Å². The van der Waals surface area contributed by atoms with Crippen molar-refractivity contribution in [1.82, 2.24) is 4.98 Å². The van der Waals surface area contributed by atoms with Gasteiger partial charge in [-0.3, -0.25) is 4.98 Å². The van der Waals surface area contributed by atoms with Gasteiger partial charge in [0.2, 0.25) is 0 Å². The molecule has 0 N–H and O–H groups in total. The minimum atomic E-state index is 1.25. The number of hydrogen-bond donors (Lipinski definition) is 0. The SMILES string of the molecule is Cc1c(-c2ccncc2)ccc2c1CCC2. The molecule has 0 bridgehead atoms. The van der Waals surface area contributed by atoms with Gasteiger partial charge in [-0.2, -0.15) is 0 Å².